The Balaban J connectivity index is 2.58. The fourth-order valence-electron chi connectivity index (χ4n) is 0.889. The van der Waals surface area contributed by atoms with E-state index in [0.29, 0.717) is 0 Å². The number of rotatable bonds is 4. The first-order valence-corrected chi connectivity index (χ1v) is 3.89. The van der Waals surface area contributed by atoms with Crippen LogP contribution in [0.4, 0.5) is 5.69 Å². The average molecular weight is 168 g/mol. The van der Waals surface area contributed by atoms with Gasteiger partial charge in [-0.05, 0) is 12.5 Å². The highest BCUT2D eigenvalue weighted by Crippen LogP contribution is 2.08. The number of hydrogen-bond acceptors (Lipinski definition) is 2. The van der Waals surface area contributed by atoms with E-state index in [9.17, 15) is 4.79 Å². The minimum Gasteiger partial charge on any atom is -0.477 e. The molecule has 0 bridgehead atoms. The molecule has 1 aromatic heterocycles. The summed E-state index contributed by atoms with van der Waals surface area (Å²) in [6.45, 7) is 2.91. The first-order chi connectivity index (χ1) is 5.74. The molecule has 1 rings (SSSR count). The zero-order chi connectivity index (χ0) is 8.97. The number of aromatic amines is 1. The molecule has 0 aliphatic rings. The normalized spacial score (nSPS) is 9.75. The van der Waals surface area contributed by atoms with Gasteiger partial charge in [-0.15, -0.1) is 0 Å². The molecule has 66 valence electrons. The van der Waals surface area contributed by atoms with E-state index in [-0.39, 0.29) is 5.69 Å². The Morgan fingerprint density at radius 1 is 1.75 bits per heavy atom. The number of anilines is 1. The summed E-state index contributed by atoms with van der Waals surface area (Å²) in [6, 6.07) is 1.58. The van der Waals surface area contributed by atoms with E-state index in [4.69, 9.17) is 5.11 Å². The molecule has 4 heteroatoms. The molecule has 0 atom stereocenters. The van der Waals surface area contributed by atoms with Crippen molar-refractivity contribution in [2.75, 3.05) is 11.9 Å². The Hall–Kier alpha value is -1.45. The fourth-order valence-corrected chi connectivity index (χ4v) is 0.889. The van der Waals surface area contributed by atoms with Crippen molar-refractivity contribution in [3.05, 3.63) is 18.0 Å². The van der Waals surface area contributed by atoms with Crippen LogP contribution in [0, 0.1) is 0 Å². The zero-order valence-corrected chi connectivity index (χ0v) is 6.92. The maximum atomic E-state index is 10.4. The SMILES string of the molecule is CCCNc1c[nH]c(C(=O)O)c1. The van der Waals surface area contributed by atoms with E-state index in [0.717, 1.165) is 18.7 Å². The molecule has 0 saturated carbocycles. The molecule has 1 aromatic rings. The number of carboxylic acids is 1. The van der Waals surface area contributed by atoms with Crippen LogP contribution in [0.2, 0.25) is 0 Å². The quantitative estimate of drug-likeness (QED) is 0.638. The third-order valence-corrected chi connectivity index (χ3v) is 1.49. The van der Waals surface area contributed by atoms with Gasteiger partial charge in [0.2, 0.25) is 0 Å². The number of aromatic carboxylic acids is 1. The Bertz CT molecular complexity index is 268. The largest absolute Gasteiger partial charge is 0.477 e. The molecule has 0 saturated heterocycles. The van der Waals surface area contributed by atoms with Crippen molar-refractivity contribution in [3.8, 4) is 0 Å². The van der Waals surface area contributed by atoms with Gasteiger partial charge in [0.15, 0.2) is 0 Å². The van der Waals surface area contributed by atoms with Crippen molar-refractivity contribution in [3.63, 3.8) is 0 Å². The monoisotopic (exact) mass is 168 g/mol. The van der Waals surface area contributed by atoms with Crippen LogP contribution in [-0.4, -0.2) is 22.6 Å². The Kier molecular flexibility index (Phi) is 2.74. The molecule has 0 aliphatic heterocycles. The van der Waals surface area contributed by atoms with Gasteiger partial charge in [-0.3, -0.25) is 0 Å². The molecule has 1 heterocycles. The minimum atomic E-state index is -0.931. The molecule has 0 amide bonds. The van der Waals surface area contributed by atoms with Gasteiger partial charge in [-0.2, -0.15) is 0 Å². The molecule has 0 aromatic carbocycles. The topological polar surface area (TPSA) is 65.1 Å². The first-order valence-electron chi connectivity index (χ1n) is 3.89. The van der Waals surface area contributed by atoms with E-state index in [1.165, 1.54) is 0 Å². The fraction of sp³-hybridized carbons (Fsp3) is 0.375. The molecule has 3 N–H and O–H groups in total. The first kappa shape index (κ1) is 8.64. The van der Waals surface area contributed by atoms with Crippen molar-refractivity contribution in [1.29, 1.82) is 0 Å². The zero-order valence-electron chi connectivity index (χ0n) is 6.92. The summed E-state index contributed by atoms with van der Waals surface area (Å²) < 4.78 is 0. The van der Waals surface area contributed by atoms with Crippen molar-refractivity contribution < 1.29 is 9.90 Å². The van der Waals surface area contributed by atoms with Crippen LogP contribution < -0.4 is 5.32 Å². The third-order valence-electron chi connectivity index (χ3n) is 1.49. The minimum absolute atomic E-state index is 0.216. The van der Waals surface area contributed by atoms with Gasteiger partial charge in [-0.25, -0.2) is 4.79 Å². The lowest BCUT2D eigenvalue weighted by Crippen LogP contribution is -1.98. The lowest BCUT2D eigenvalue weighted by atomic mass is 10.4. The number of H-pyrrole nitrogens is 1. The second-order valence-corrected chi connectivity index (χ2v) is 2.53. The summed E-state index contributed by atoms with van der Waals surface area (Å²) in [5.41, 5.74) is 1.04. The van der Waals surface area contributed by atoms with Crippen LogP contribution in [0.3, 0.4) is 0 Å². The average Bonchev–Trinajstić information content (AvgIpc) is 2.48. The van der Waals surface area contributed by atoms with Crippen LogP contribution in [0.15, 0.2) is 12.3 Å². The molecular weight excluding hydrogens is 156 g/mol. The standard InChI is InChI=1S/C8H12N2O2/c1-2-3-9-6-4-7(8(11)12)10-5-6/h4-5,9-10H,2-3H2,1H3,(H,11,12). The molecule has 0 fully saturated rings. The summed E-state index contributed by atoms with van der Waals surface area (Å²) in [5, 5.41) is 11.6. The van der Waals surface area contributed by atoms with E-state index in [2.05, 4.69) is 17.2 Å². The number of carbonyl (C=O) groups is 1. The summed E-state index contributed by atoms with van der Waals surface area (Å²) in [6.07, 6.45) is 2.67. The number of nitrogens with one attached hydrogen (secondary N) is 2. The lowest BCUT2D eigenvalue weighted by Gasteiger charge is -1.97. The summed E-state index contributed by atoms with van der Waals surface area (Å²) in [5.74, 6) is -0.931. The lowest BCUT2D eigenvalue weighted by molar-refractivity contribution is 0.0691. The van der Waals surface area contributed by atoms with Gasteiger partial charge in [0.05, 0.1) is 5.69 Å². The van der Waals surface area contributed by atoms with Crippen molar-refractivity contribution in [2.45, 2.75) is 13.3 Å². The Morgan fingerprint density at radius 3 is 3.00 bits per heavy atom. The second kappa shape index (κ2) is 3.80. The molecular formula is C8H12N2O2. The smallest absolute Gasteiger partial charge is 0.352 e. The van der Waals surface area contributed by atoms with Crippen LogP contribution in [0.25, 0.3) is 0 Å². The van der Waals surface area contributed by atoms with Gasteiger partial charge in [-0.1, -0.05) is 6.92 Å². The highest BCUT2D eigenvalue weighted by Gasteiger charge is 2.04. The molecule has 0 unspecified atom stereocenters. The van der Waals surface area contributed by atoms with Gasteiger partial charge < -0.3 is 15.4 Å². The van der Waals surface area contributed by atoms with Crippen molar-refractivity contribution in [1.82, 2.24) is 4.98 Å². The molecule has 0 radical (unpaired) electrons. The van der Waals surface area contributed by atoms with Gasteiger partial charge >= 0.3 is 5.97 Å². The van der Waals surface area contributed by atoms with Crippen LogP contribution in [0.1, 0.15) is 23.8 Å². The Morgan fingerprint density at radius 2 is 2.50 bits per heavy atom. The number of aromatic nitrogens is 1. The maximum absolute atomic E-state index is 10.4. The number of carboxylic acid groups (broad SMARTS) is 1. The van der Waals surface area contributed by atoms with Crippen LogP contribution >= 0.6 is 0 Å². The molecule has 0 spiro atoms. The highest BCUT2D eigenvalue weighted by molar-refractivity contribution is 5.86. The Labute approximate surface area is 70.6 Å². The highest BCUT2D eigenvalue weighted by atomic mass is 16.4. The summed E-state index contributed by atoms with van der Waals surface area (Å²) >= 11 is 0. The third kappa shape index (κ3) is 2.02. The van der Waals surface area contributed by atoms with Crippen LogP contribution in [-0.2, 0) is 0 Å². The molecule has 4 nitrogen and oxygen atoms in total. The number of hydrogen-bond donors (Lipinski definition) is 3. The van der Waals surface area contributed by atoms with Gasteiger partial charge in [0.25, 0.3) is 0 Å². The molecule has 12 heavy (non-hydrogen) atoms. The summed E-state index contributed by atoms with van der Waals surface area (Å²) in [7, 11) is 0. The van der Waals surface area contributed by atoms with E-state index >= 15 is 0 Å². The van der Waals surface area contributed by atoms with Gasteiger partial charge in [0, 0.05) is 12.7 Å². The van der Waals surface area contributed by atoms with Crippen molar-refractivity contribution in [2.24, 2.45) is 0 Å². The van der Waals surface area contributed by atoms with Crippen LogP contribution in [0.5, 0.6) is 0 Å². The summed E-state index contributed by atoms with van der Waals surface area (Å²) in [4.78, 5) is 13.1. The van der Waals surface area contributed by atoms with Crippen molar-refractivity contribution >= 4 is 11.7 Å². The maximum Gasteiger partial charge on any atom is 0.352 e. The van der Waals surface area contributed by atoms with E-state index < -0.39 is 5.97 Å². The van der Waals surface area contributed by atoms with E-state index in [1.54, 1.807) is 12.3 Å². The molecule has 0 aliphatic carbocycles. The van der Waals surface area contributed by atoms with Gasteiger partial charge in [0.1, 0.15) is 5.69 Å². The second-order valence-electron chi connectivity index (χ2n) is 2.53. The van der Waals surface area contributed by atoms with E-state index in [1.807, 2.05) is 0 Å². The predicted molar refractivity (Wildman–Crippen MR) is 46.5 cm³/mol. The predicted octanol–water partition coefficient (Wildman–Crippen LogP) is 1.53.